The number of unbranched alkanes of at least 4 members (excludes halogenated alkanes) is 4. The third-order valence-corrected chi connectivity index (χ3v) is 4.96. The average Bonchev–Trinajstić information content (AvgIpc) is 2.76. The van der Waals surface area contributed by atoms with Gasteiger partial charge in [-0.05, 0) is 37.1 Å². The predicted molar refractivity (Wildman–Crippen MR) is 125 cm³/mol. The van der Waals surface area contributed by atoms with Gasteiger partial charge in [0.1, 0.15) is 0 Å². The monoisotopic (exact) mass is 409 g/mol. The fourth-order valence-corrected chi connectivity index (χ4v) is 3.22. The molecule has 162 valence electrons. The molecular weight excluding hydrogens is 374 g/mol. The number of benzene rings is 1. The molecule has 1 heterocycles. The van der Waals surface area contributed by atoms with Crippen LogP contribution in [-0.2, 0) is 11.2 Å². The van der Waals surface area contributed by atoms with Crippen molar-refractivity contribution in [3.8, 4) is 11.3 Å². The van der Waals surface area contributed by atoms with E-state index in [0.717, 1.165) is 41.1 Å². The zero-order valence-electron chi connectivity index (χ0n) is 18.6. The van der Waals surface area contributed by atoms with E-state index in [9.17, 15) is 4.79 Å². The molecule has 0 aliphatic carbocycles. The number of carbonyl (C=O) groups is 1. The fraction of sp³-hybridized carbons (Fsp3) is 0.440. The van der Waals surface area contributed by atoms with Gasteiger partial charge in [0.2, 0.25) is 0 Å². The smallest absolute Gasteiger partial charge is 0.321 e. The zero-order valence-corrected chi connectivity index (χ0v) is 18.6. The molecule has 0 radical (unpaired) electrons. The van der Waals surface area contributed by atoms with Crippen LogP contribution in [0.1, 0.15) is 51.5 Å². The van der Waals surface area contributed by atoms with Crippen LogP contribution in [0.3, 0.4) is 0 Å². The van der Waals surface area contributed by atoms with Gasteiger partial charge >= 0.3 is 6.03 Å². The molecule has 0 saturated carbocycles. The lowest BCUT2D eigenvalue weighted by Gasteiger charge is -2.19. The Morgan fingerprint density at radius 2 is 1.93 bits per heavy atom. The first-order valence-electron chi connectivity index (χ1n) is 10.9. The lowest BCUT2D eigenvalue weighted by molar-refractivity contribution is 0.225. The van der Waals surface area contributed by atoms with Gasteiger partial charge in [-0.3, -0.25) is 9.88 Å². The third-order valence-electron chi connectivity index (χ3n) is 4.96. The molecule has 1 N–H and O–H groups in total. The summed E-state index contributed by atoms with van der Waals surface area (Å²) in [5, 5.41) is 3.00. The van der Waals surface area contributed by atoms with Crippen LogP contribution >= 0.6 is 0 Å². The van der Waals surface area contributed by atoms with Crippen molar-refractivity contribution in [2.75, 3.05) is 25.1 Å². The second kappa shape index (κ2) is 12.7. The van der Waals surface area contributed by atoms with Crippen molar-refractivity contribution in [2.45, 2.75) is 52.4 Å². The largest absolute Gasteiger partial charge is 0.498 e. The molecule has 0 aliphatic heterocycles. The highest BCUT2D eigenvalue weighted by molar-refractivity contribution is 5.92. The maximum absolute atomic E-state index is 12.5. The van der Waals surface area contributed by atoms with E-state index in [1.165, 1.54) is 19.3 Å². The summed E-state index contributed by atoms with van der Waals surface area (Å²) >= 11 is 0. The maximum atomic E-state index is 12.5. The molecule has 2 rings (SSSR count). The van der Waals surface area contributed by atoms with Crippen LogP contribution in [0.4, 0.5) is 10.5 Å². The highest BCUT2D eigenvalue weighted by atomic mass is 16.5. The van der Waals surface area contributed by atoms with Gasteiger partial charge in [0.05, 0.1) is 18.1 Å². The summed E-state index contributed by atoms with van der Waals surface area (Å²) in [6, 6.07) is 11.8. The molecule has 0 fully saturated rings. The quantitative estimate of drug-likeness (QED) is 0.348. The van der Waals surface area contributed by atoms with Crippen molar-refractivity contribution in [2.24, 2.45) is 0 Å². The molecule has 5 heteroatoms. The molecule has 5 nitrogen and oxygen atoms in total. The second-order valence-corrected chi connectivity index (χ2v) is 7.46. The molecule has 0 saturated heterocycles. The molecule has 1 aromatic carbocycles. The Balaban J connectivity index is 1.94. The number of pyridine rings is 1. The van der Waals surface area contributed by atoms with Gasteiger partial charge in [-0.15, -0.1) is 0 Å². The minimum Gasteiger partial charge on any atom is -0.498 e. The molecule has 2 aromatic rings. The van der Waals surface area contributed by atoms with Gasteiger partial charge in [0.25, 0.3) is 0 Å². The maximum Gasteiger partial charge on any atom is 0.321 e. The van der Waals surface area contributed by atoms with E-state index in [-0.39, 0.29) is 6.03 Å². The number of nitrogens with one attached hydrogen (secondary N) is 1. The van der Waals surface area contributed by atoms with Gasteiger partial charge in [0.15, 0.2) is 0 Å². The minimum absolute atomic E-state index is 0.0830. The number of rotatable bonds is 12. The molecule has 0 spiro atoms. The summed E-state index contributed by atoms with van der Waals surface area (Å²) in [6.07, 6.45) is 8.40. The van der Waals surface area contributed by atoms with Gasteiger partial charge in [-0.25, -0.2) is 4.79 Å². The Bertz CT molecular complexity index is 802. The number of amides is 2. The van der Waals surface area contributed by atoms with Crippen molar-refractivity contribution in [3.63, 3.8) is 0 Å². The summed E-state index contributed by atoms with van der Waals surface area (Å²) in [4.78, 5) is 18.7. The van der Waals surface area contributed by atoms with E-state index in [1.807, 2.05) is 49.5 Å². The Hall–Kier alpha value is -2.82. The van der Waals surface area contributed by atoms with E-state index >= 15 is 0 Å². The van der Waals surface area contributed by atoms with E-state index in [4.69, 9.17) is 4.74 Å². The van der Waals surface area contributed by atoms with E-state index < -0.39 is 0 Å². The topological polar surface area (TPSA) is 54.5 Å². The first kappa shape index (κ1) is 23.5. The van der Waals surface area contributed by atoms with Crippen LogP contribution in [-0.4, -0.2) is 31.2 Å². The lowest BCUT2D eigenvalue weighted by Crippen LogP contribution is -2.37. The van der Waals surface area contributed by atoms with Crippen LogP contribution in [0.15, 0.2) is 54.9 Å². The first-order chi connectivity index (χ1) is 14.5. The van der Waals surface area contributed by atoms with Crippen molar-refractivity contribution in [1.29, 1.82) is 0 Å². The summed E-state index contributed by atoms with van der Waals surface area (Å²) < 4.78 is 5.41. The number of allylic oxidation sites excluding steroid dienone is 1. The predicted octanol–water partition coefficient (Wildman–Crippen LogP) is 5.96. The standard InChI is InChI=1S/C25H35N3O2/c1-5-7-8-9-10-16-26-25(29)28(4)23-13-11-12-22(18-23)24-15-14-21(19-27-24)17-20(3)30-6-2/h11-15,18-19H,3,5-10,16-17H2,1-2,4H3,(H,26,29). The normalized spacial score (nSPS) is 10.5. The number of hydrogen-bond acceptors (Lipinski definition) is 3. The summed E-state index contributed by atoms with van der Waals surface area (Å²) in [5.41, 5.74) is 3.74. The molecule has 0 unspecified atom stereocenters. The fourth-order valence-electron chi connectivity index (χ4n) is 3.22. The Morgan fingerprint density at radius 1 is 1.13 bits per heavy atom. The summed E-state index contributed by atoms with van der Waals surface area (Å²) in [5.74, 6) is 0.743. The second-order valence-electron chi connectivity index (χ2n) is 7.46. The van der Waals surface area contributed by atoms with E-state index in [1.54, 1.807) is 11.9 Å². The number of aromatic nitrogens is 1. The van der Waals surface area contributed by atoms with Crippen molar-refractivity contribution >= 4 is 11.7 Å². The molecular formula is C25H35N3O2. The zero-order chi connectivity index (χ0) is 21.8. The molecule has 2 amide bonds. The Kier molecular flexibility index (Phi) is 9.92. The average molecular weight is 410 g/mol. The van der Waals surface area contributed by atoms with E-state index in [0.29, 0.717) is 19.6 Å². The Labute approximate surface area is 181 Å². The number of nitrogens with zero attached hydrogens (tertiary/aromatic N) is 2. The van der Waals surface area contributed by atoms with Crippen LogP contribution in [0.2, 0.25) is 0 Å². The van der Waals surface area contributed by atoms with Gasteiger partial charge in [-0.2, -0.15) is 0 Å². The minimum atomic E-state index is -0.0830. The highest BCUT2D eigenvalue weighted by Crippen LogP contribution is 2.23. The van der Waals surface area contributed by atoms with Crippen molar-refractivity contribution in [1.82, 2.24) is 10.3 Å². The number of ether oxygens (including phenoxy) is 1. The van der Waals surface area contributed by atoms with Crippen molar-refractivity contribution in [3.05, 3.63) is 60.5 Å². The molecule has 0 atom stereocenters. The van der Waals surface area contributed by atoms with Crippen LogP contribution in [0.5, 0.6) is 0 Å². The first-order valence-corrected chi connectivity index (χ1v) is 10.9. The van der Waals surface area contributed by atoms with Crippen LogP contribution in [0, 0.1) is 0 Å². The van der Waals surface area contributed by atoms with Gasteiger partial charge in [0, 0.05) is 37.5 Å². The molecule has 30 heavy (non-hydrogen) atoms. The number of urea groups is 1. The summed E-state index contributed by atoms with van der Waals surface area (Å²) in [7, 11) is 1.79. The number of hydrogen-bond donors (Lipinski definition) is 1. The lowest BCUT2D eigenvalue weighted by atomic mass is 10.1. The van der Waals surface area contributed by atoms with Gasteiger partial charge < -0.3 is 10.1 Å². The summed E-state index contributed by atoms with van der Waals surface area (Å²) in [6.45, 7) is 9.40. The van der Waals surface area contributed by atoms with Crippen LogP contribution in [0.25, 0.3) is 11.3 Å². The molecule has 0 aliphatic rings. The van der Waals surface area contributed by atoms with Crippen molar-refractivity contribution < 1.29 is 9.53 Å². The Morgan fingerprint density at radius 3 is 2.63 bits per heavy atom. The number of anilines is 1. The van der Waals surface area contributed by atoms with Crippen LogP contribution < -0.4 is 10.2 Å². The third kappa shape index (κ3) is 7.54. The number of carbonyl (C=O) groups excluding carboxylic acids is 1. The SMILES string of the molecule is C=C(Cc1ccc(-c2cccc(N(C)C(=O)NCCCCCCC)c2)nc1)OCC. The van der Waals surface area contributed by atoms with Gasteiger partial charge in [-0.1, -0.05) is 57.4 Å². The van der Waals surface area contributed by atoms with E-state index in [2.05, 4.69) is 23.8 Å². The molecule has 0 bridgehead atoms. The molecule has 1 aromatic heterocycles. The highest BCUT2D eigenvalue weighted by Gasteiger charge is 2.11.